The van der Waals surface area contributed by atoms with Gasteiger partial charge >= 0.3 is 5.97 Å². The maximum Gasteiger partial charge on any atom is 0.317 e. The first-order valence-electron chi connectivity index (χ1n) is 10.5. The van der Waals surface area contributed by atoms with Gasteiger partial charge in [-0.05, 0) is 48.7 Å². The number of fused-ring (bicyclic) bond motifs is 2. The maximum atomic E-state index is 10.9. The van der Waals surface area contributed by atoms with Gasteiger partial charge in [0, 0.05) is 41.8 Å². The molecule has 0 spiro atoms. The molecule has 1 saturated heterocycles. The molecule has 0 radical (unpaired) electrons. The largest absolute Gasteiger partial charge is 0.484 e. The zero-order valence-electron chi connectivity index (χ0n) is 17.9. The summed E-state index contributed by atoms with van der Waals surface area (Å²) in [7, 11) is 0. The van der Waals surface area contributed by atoms with Gasteiger partial charge in [-0.1, -0.05) is 6.07 Å². The number of aromatic amines is 1. The number of likely N-dealkylation sites (tertiary alicyclic amines) is 1. The molecule has 0 bridgehead atoms. The van der Waals surface area contributed by atoms with Gasteiger partial charge in [-0.3, -0.25) is 14.4 Å². The summed E-state index contributed by atoms with van der Waals surface area (Å²) in [5.74, 6) is -0.388. The number of carboxylic acids is 1. The zero-order chi connectivity index (χ0) is 22.4. The molecule has 8 nitrogen and oxygen atoms in total. The minimum atomic E-state index is -0.857. The number of rotatable bonds is 6. The number of benzene rings is 2. The first kappa shape index (κ1) is 20.1. The van der Waals surface area contributed by atoms with Gasteiger partial charge < -0.3 is 14.8 Å². The van der Waals surface area contributed by atoms with Crippen LogP contribution >= 0.6 is 0 Å². The Kier molecular flexibility index (Phi) is 4.83. The van der Waals surface area contributed by atoms with Crippen LogP contribution in [0.5, 0.6) is 5.75 Å². The standard InChI is InChI=1S/C24H23N5O3/c1-14-7-15(2)22-19(5-6-26-22)20(14)12-29-9-17-4-3-16(8-25)24(23(17)27-29)32-18-10-28(11-18)13-21(30)31/h3-7,9,18,26H,10-13H2,1-2H3,(H,30,31). The summed E-state index contributed by atoms with van der Waals surface area (Å²) < 4.78 is 8.01. The molecule has 32 heavy (non-hydrogen) atoms. The van der Waals surface area contributed by atoms with Crippen LogP contribution < -0.4 is 4.74 Å². The van der Waals surface area contributed by atoms with Gasteiger partial charge in [-0.2, -0.15) is 10.4 Å². The van der Waals surface area contributed by atoms with Crippen LogP contribution in [0.1, 0.15) is 22.3 Å². The highest BCUT2D eigenvalue weighted by molar-refractivity contribution is 5.88. The van der Waals surface area contributed by atoms with Crippen molar-refractivity contribution >= 4 is 27.8 Å². The van der Waals surface area contributed by atoms with Crippen molar-refractivity contribution in [1.29, 1.82) is 5.26 Å². The van der Waals surface area contributed by atoms with E-state index in [0.717, 1.165) is 10.9 Å². The van der Waals surface area contributed by atoms with Gasteiger partial charge in [0.05, 0.1) is 18.7 Å². The number of carbonyl (C=O) groups is 1. The molecule has 4 aromatic rings. The van der Waals surface area contributed by atoms with E-state index < -0.39 is 5.97 Å². The summed E-state index contributed by atoms with van der Waals surface area (Å²) >= 11 is 0. The fraction of sp³-hybridized carbons (Fsp3) is 0.292. The van der Waals surface area contributed by atoms with Crippen LogP contribution in [0.3, 0.4) is 0 Å². The molecule has 0 amide bonds. The minimum absolute atomic E-state index is 0.00663. The molecular formula is C24H23N5O3. The van der Waals surface area contributed by atoms with E-state index >= 15 is 0 Å². The van der Waals surface area contributed by atoms with Crippen LogP contribution in [0.25, 0.3) is 21.8 Å². The van der Waals surface area contributed by atoms with Gasteiger partial charge in [0.1, 0.15) is 17.7 Å². The van der Waals surface area contributed by atoms with E-state index in [1.165, 1.54) is 22.1 Å². The normalized spacial score (nSPS) is 14.5. The molecule has 0 unspecified atom stereocenters. The van der Waals surface area contributed by atoms with E-state index in [0.29, 0.717) is 36.5 Å². The molecular weight excluding hydrogens is 406 g/mol. The number of ether oxygens (including phenoxy) is 1. The van der Waals surface area contributed by atoms with Crippen LogP contribution in [0.4, 0.5) is 0 Å². The van der Waals surface area contributed by atoms with Crippen LogP contribution in [0.15, 0.2) is 36.7 Å². The fourth-order valence-electron chi connectivity index (χ4n) is 4.50. The number of nitrogens with zero attached hydrogens (tertiary/aromatic N) is 4. The summed E-state index contributed by atoms with van der Waals surface area (Å²) in [6.45, 7) is 5.84. The predicted molar refractivity (Wildman–Crippen MR) is 120 cm³/mol. The van der Waals surface area contributed by atoms with E-state index in [2.05, 4.69) is 37.0 Å². The molecule has 1 aliphatic heterocycles. The van der Waals surface area contributed by atoms with Gasteiger partial charge in [0.15, 0.2) is 5.75 Å². The van der Waals surface area contributed by atoms with Crippen molar-refractivity contribution in [1.82, 2.24) is 19.7 Å². The fourth-order valence-corrected chi connectivity index (χ4v) is 4.50. The van der Waals surface area contributed by atoms with Crippen molar-refractivity contribution in [2.75, 3.05) is 19.6 Å². The van der Waals surface area contributed by atoms with E-state index in [9.17, 15) is 10.1 Å². The van der Waals surface area contributed by atoms with Crippen LogP contribution in [-0.4, -0.2) is 56.5 Å². The molecule has 2 aromatic heterocycles. The Bertz CT molecular complexity index is 1390. The molecule has 0 aliphatic carbocycles. The Morgan fingerprint density at radius 3 is 2.88 bits per heavy atom. The number of nitrogens with one attached hydrogen (secondary N) is 1. The van der Waals surface area contributed by atoms with Crippen molar-refractivity contribution in [3.63, 3.8) is 0 Å². The third kappa shape index (κ3) is 3.47. The Balaban J connectivity index is 1.46. The lowest BCUT2D eigenvalue weighted by Crippen LogP contribution is -2.55. The number of aromatic nitrogens is 3. The first-order valence-corrected chi connectivity index (χ1v) is 10.5. The van der Waals surface area contributed by atoms with Gasteiger partial charge in [-0.25, -0.2) is 0 Å². The lowest BCUT2D eigenvalue weighted by molar-refractivity contribution is -0.140. The average Bonchev–Trinajstić information content (AvgIpc) is 3.36. The molecule has 162 valence electrons. The summed E-state index contributed by atoms with van der Waals surface area (Å²) in [5, 5.41) is 25.4. The Morgan fingerprint density at radius 1 is 1.31 bits per heavy atom. The van der Waals surface area contributed by atoms with Crippen molar-refractivity contribution in [2.24, 2.45) is 0 Å². The highest BCUT2D eigenvalue weighted by atomic mass is 16.5. The molecule has 1 aliphatic rings. The maximum absolute atomic E-state index is 10.9. The summed E-state index contributed by atoms with van der Waals surface area (Å²) in [6, 6.07) is 10.1. The number of carboxylic acid groups (broad SMARTS) is 1. The lowest BCUT2D eigenvalue weighted by Gasteiger charge is -2.37. The van der Waals surface area contributed by atoms with Crippen molar-refractivity contribution in [3.8, 4) is 11.8 Å². The molecule has 3 heterocycles. The van der Waals surface area contributed by atoms with E-state index in [4.69, 9.17) is 14.9 Å². The summed E-state index contributed by atoms with van der Waals surface area (Å²) in [5.41, 5.74) is 5.83. The van der Waals surface area contributed by atoms with Crippen molar-refractivity contribution in [2.45, 2.75) is 26.5 Å². The summed E-state index contributed by atoms with van der Waals surface area (Å²) in [6.07, 6.45) is 3.77. The van der Waals surface area contributed by atoms with Gasteiger partial charge in [-0.15, -0.1) is 0 Å². The van der Waals surface area contributed by atoms with Crippen molar-refractivity contribution < 1.29 is 14.6 Å². The molecule has 5 rings (SSSR count). The number of hydrogen-bond acceptors (Lipinski definition) is 5. The molecule has 0 saturated carbocycles. The second-order valence-electron chi connectivity index (χ2n) is 8.40. The number of nitriles is 1. The Morgan fingerprint density at radius 2 is 2.12 bits per heavy atom. The molecule has 8 heteroatoms. The highest BCUT2D eigenvalue weighted by Crippen LogP contribution is 2.32. The number of H-pyrrole nitrogens is 1. The molecule has 2 N–H and O–H groups in total. The Labute approximate surface area is 184 Å². The third-order valence-electron chi connectivity index (χ3n) is 6.06. The van der Waals surface area contributed by atoms with Gasteiger partial charge in [0.25, 0.3) is 0 Å². The van der Waals surface area contributed by atoms with Crippen LogP contribution in [0, 0.1) is 25.2 Å². The van der Waals surface area contributed by atoms with Crippen LogP contribution in [-0.2, 0) is 11.3 Å². The van der Waals surface area contributed by atoms with Crippen molar-refractivity contribution in [3.05, 3.63) is 58.9 Å². The second kappa shape index (κ2) is 7.70. The SMILES string of the molecule is Cc1cc(C)c2[nH]ccc2c1Cn1cc2ccc(C#N)c(OC3CN(CC(=O)O)C3)c2n1. The van der Waals surface area contributed by atoms with Gasteiger partial charge in [0.2, 0.25) is 0 Å². The monoisotopic (exact) mass is 429 g/mol. The number of aliphatic carboxylic acids is 1. The molecule has 0 atom stereocenters. The predicted octanol–water partition coefficient (Wildman–Crippen LogP) is 3.20. The molecule has 1 fully saturated rings. The van der Waals surface area contributed by atoms with Crippen LogP contribution in [0.2, 0.25) is 0 Å². The topological polar surface area (TPSA) is 107 Å². The quantitative estimate of drug-likeness (QED) is 0.487. The third-order valence-corrected chi connectivity index (χ3v) is 6.06. The summed E-state index contributed by atoms with van der Waals surface area (Å²) in [4.78, 5) is 16.0. The first-order chi connectivity index (χ1) is 15.4. The smallest absolute Gasteiger partial charge is 0.317 e. The lowest BCUT2D eigenvalue weighted by atomic mass is 10.0. The van der Waals surface area contributed by atoms with E-state index in [-0.39, 0.29) is 12.6 Å². The number of hydrogen-bond donors (Lipinski definition) is 2. The minimum Gasteiger partial charge on any atom is -0.484 e. The number of aryl methyl sites for hydroxylation is 2. The van der Waals surface area contributed by atoms with E-state index in [1.807, 2.05) is 23.1 Å². The zero-order valence-corrected chi connectivity index (χ0v) is 17.9. The second-order valence-corrected chi connectivity index (χ2v) is 8.40. The molecule has 2 aromatic carbocycles. The Hall–Kier alpha value is -3.83. The average molecular weight is 429 g/mol. The highest BCUT2D eigenvalue weighted by Gasteiger charge is 2.31. The van der Waals surface area contributed by atoms with E-state index in [1.54, 1.807) is 11.0 Å².